The molecule has 4 heteroatoms. The van der Waals surface area contributed by atoms with Gasteiger partial charge >= 0.3 is 0 Å². The molecule has 2 rings (SSSR count). The van der Waals surface area contributed by atoms with Crippen molar-refractivity contribution in [2.45, 2.75) is 6.54 Å². The summed E-state index contributed by atoms with van der Waals surface area (Å²) in [6, 6.07) is 7.79. The van der Waals surface area contributed by atoms with Gasteiger partial charge in [0.15, 0.2) is 0 Å². The van der Waals surface area contributed by atoms with Gasteiger partial charge in [0.1, 0.15) is 5.15 Å². The van der Waals surface area contributed by atoms with Gasteiger partial charge in [-0.1, -0.05) is 11.6 Å². The van der Waals surface area contributed by atoms with Crippen molar-refractivity contribution in [3.63, 3.8) is 0 Å². The van der Waals surface area contributed by atoms with Crippen molar-refractivity contribution in [2.75, 3.05) is 11.9 Å². The number of anilines is 1. The first-order chi connectivity index (χ1) is 7.75. The minimum atomic E-state index is 0.513. The summed E-state index contributed by atoms with van der Waals surface area (Å²) in [6.45, 7) is 0.822. The van der Waals surface area contributed by atoms with Crippen LogP contribution in [-0.2, 0) is 6.54 Å². The predicted molar refractivity (Wildman–Crippen MR) is 65.6 cm³/mol. The molecule has 16 heavy (non-hydrogen) atoms. The first-order valence-corrected chi connectivity index (χ1v) is 5.35. The quantitative estimate of drug-likeness (QED) is 0.764. The maximum Gasteiger partial charge on any atom is 0.131 e. The minimum absolute atomic E-state index is 0.513. The molecule has 0 radical (unpaired) electrons. The molecule has 0 bridgehead atoms. The molecular formula is C12H12ClN3. The number of aromatic nitrogens is 2. The Morgan fingerprint density at radius 3 is 2.62 bits per heavy atom. The third-order valence-corrected chi connectivity index (χ3v) is 2.53. The number of nitrogens with zero attached hydrogens (tertiary/aromatic N) is 3. The lowest BCUT2D eigenvalue weighted by molar-refractivity contribution is 0.917. The number of hydrogen-bond donors (Lipinski definition) is 0. The Morgan fingerprint density at radius 2 is 1.94 bits per heavy atom. The highest BCUT2D eigenvalue weighted by molar-refractivity contribution is 6.29. The zero-order chi connectivity index (χ0) is 11.4. The fourth-order valence-corrected chi connectivity index (χ4v) is 1.65. The predicted octanol–water partition coefficient (Wildman–Crippen LogP) is 2.77. The Hall–Kier alpha value is -1.61. The summed E-state index contributed by atoms with van der Waals surface area (Å²) in [5.41, 5.74) is 2.27. The number of rotatable bonds is 3. The van der Waals surface area contributed by atoms with Crippen LogP contribution >= 0.6 is 11.6 Å². The van der Waals surface area contributed by atoms with Crippen LogP contribution in [0.2, 0.25) is 5.15 Å². The van der Waals surface area contributed by atoms with Crippen LogP contribution in [0.5, 0.6) is 0 Å². The zero-order valence-corrected chi connectivity index (χ0v) is 9.72. The molecule has 2 aromatic rings. The number of halogens is 1. The third-order valence-electron chi connectivity index (χ3n) is 2.32. The SMILES string of the molecule is CN(Cc1ccncc1)c1ccnc(Cl)c1. The van der Waals surface area contributed by atoms with Crippen LogP contribution in [-0.4, -0.2) is 17.0 Å². The average molecular weight is 234 g/mol. The molecule has 0 N–H and O–H groups in total. The van der Waals surface area contributed by atoms with Gasteiger partial charge in [-0.15, -0.1) is 0 Å². The lowest BCUT2D eigenvalue weighted by Gasteiger charge is -2.19. The van der Waals surface area contributed by atoms with Crippen molar-refractivity contribution >= 4 is 17.3 Å². The molecule has 0 aliphatic rings. The van der Waals surface area contributed by atoms with Crippen molar-refractivity contribution in [1.82, 2.24) is 9.97 Å². The van der Waals surface area contributed by atoms with E-state index in [2.05, 4.69) is 14.9 Å². The molecule has 0 aromatic carbocycles. The zero-order valence-electron chi connectivity index (χ0n) is 8.97. The second-order valence-electron chi connectivity index (χ2n) is 3.55. The van der Waals surface area contributed by atoms with Crippen molar-refractivity contribution < 1.29 is 0 Å². The summed E-state index contributed by atoms with van der Waals surface area (Å²) in [5, 5.41) is 0.513. The van der Waals surface area contributed by atoms with Crippen molar-refractivity contribution in [1.29, 1.82) is 0 Å². The molecule has 2 aromatic heterocycles. The highest BCUT2D eigenvalue weighted by Crippen LogP contribution is 2.17. The molecule has 82 valence electrons. The topological polar surface area (TPSA) is 29.0 Å². The number of pyridine rings is 2. The maximum atomic E-state index is 5.84. The summed E-state index contributed by atoms with van der Waals surface area (Å²) < 4.78 is 0. The molecule has 0 aliphatic carbocycles. The maximum absolute atomic E-state index is 5.84. The highest BCUT2D eigenvalue weighted by Gasteiger charge is 2.02. The van der Waals surface area contributed by atoms with Gasteiger partial charge in [-0.3, -0.25) is 4.98 Å². The van der Waals surface area contributed by atoms with Gasteiger partial charge in [0, 0.05) is 37.9 Å². The molecule has 0 aliphatic heterocycles. The average Bonchev–Trinajstić information content (AvgIpc) is 2.30. The lowest BCUT2D eigenvalue weighted by atomic mass is 10.2. The Kier molecular flexibility index (Phi) is 3.37. The molecule has 0 saturated heterocycles. The fourth-order valence-electron chi connectivity index (χ4n) is 1.48. The van der Waals surface area contributed by atoms with E-state index in [1.807, 2.05) is 31.3 Å². The van der Waals surface area contributed by atoms with Gasteiger partial charge < -0.3 is 4.90 Å². The van der Waals surface area contributed by atoms with E-state index in [0.29, 0.717) is 5.15 Å². The first kappa shape index (κ1) is 10.9. The van der Waals surface area contributed by atoms with Crippen LogP contribution in [0.25, 0.3) is 0 Å². The van der Waals surface area contributed by atoms with E-state index in [9.17, 15) is 0 Å². The summed E-state index contributed by atoms with van der Waals surface area (Å²) in [5.74, 6) is 0. The minimum Gasteiger partial charge on any atom is -0.370 e. The largest absolute Gasteiger partial charge is 0.370 e. The first-order valence-electron chi connectivity index (χ1n) is 4.97. The Bertz CT molecular complexity index is 459. The van der Waals surface area contributed by atoms with E-state index in [0.717, 1.165) is 12.2 Å². The monoisotopic (exact) mass is 233 g/mol. The molecule has 0 fully saturated rings. The molecular weight excluding hydrogens is 222 g/mol. The third kappa shape index (κ3) is 2.70. The van der Waals surface area contributed by atoms with E-state index in [1.54, 1.807) is 18.6 Å². The van der Waals surface area contributed by atoms with Gasteiger partial charge in [-0.2, -0.15) is 0 Å². The van der Waals surface area contributed by atoms with Crippen LogP contribution in [0.1, 0.15) is 5.56 Å². The summed E-state index contributed by atoms with van der Waals surface area (Å²) in [7, 11) is 2.02. The second kappa shape index (κ2) is 4.94. The smallest absolute Gasteiger partial charge is 0.131 e. The molecule has 3 nitrogen and oxygen atoms in total. The summed E-state index contributed by atoms with van der Waals surface area (Å²) in [6.07, 6.45) is 5.30. The van der Waals surface area contributed by atoms with Gasteiger partial charge in [-0.05, 0) is 29.8 Å². The normalized spacial score (nSPS) is 10.1. The van der Waals surface area contributed by atoms with Crippen LogP contribution in [0.15, 0.2) is 42.9 Å². The lowest BCUT2D eigenvalue weighted by Crippen LogP contribution is -2.16. The molecule has 2 heterocycles. The molecule has 0 amide bonds. The van der Waals surface area contributed by atoms with Crippen LogP contribution < -0.4 is 4.90 Å². The Balaban J connectivity index is 2.12. The number of hydrogen-bond acceptors (Lipinski definition) is 3. The van der Waals surface area contributed by atoms with Crippen molar-refractivity contribution in [3.8, 4) is 0 Å². The van der Waals surface area contributed by atoms with Gasteiger partial charge in [-0.25, -0.2) is 4.98 Å². The molecule has 0 unspecified atom stereocenters. The van der Waals surface area contributed by atoms with Gasteiger partial charge in [0.25, 0.3) is 0 Å². The van der Waals surface area contributed by atoms with E-state index in [1.165, 1.54) is 5.56 Å². The Morgan fingerprint density at radius 1 is 1.19 bits per heavy atom. The van der Waals surface area contributed by atoms with E-state index in [-0.39, 0.29) is 0 Å². The van der Waals surface area contributed by atoms with Crippen LogP contribution in [0.3, 0.4) is 0 Å². The van der Waals surface area contributed by atoms with E-state index < -0.39 is 0 Å². The van der Waals surface area contributed by atoms with Crippen LogP contribution in [0.4, 0.5) is 5.69 Å². The molecule has 0 atom stereocenters. The van der Waals surface area contributed by atoms with E-state index in [4.69, 9.17) is 11.6 Å². The van der Waals surface area contributed by atoms with Crippen molar-refractivity contribution in [3.05, 3.63) is 53.6 Å². The summed E-state index contributed by atoms with van der Waals surface area (Å²) in [4.78, 5) is 10.1. The van der Waals surface area contributed by atoms with Crippen molar-refractivity contribution in [2.24, 2.45) is 0 Å². The van der Waals surface area contributed by atoms with Gasteiger partial charge in [0.05, 0.1) is 0 Å². The van der Waals surface area contributed by atoms with E-state index >= 15 is 0 Å². The van der Waals surface area contributed by atoms with Gasteiger partial charge in [0.2, 0.25) is 0 Å². The standard InChI is InChI=1S/C12H12ClN3/c1-16(9-10-2-5-14-6-3-10)11-4-7-15-12(13)8-11/h2-8H,9H2,1H3. The second-order valence-corrected chi connectivity index (χ2v) is 3.94. The molecule has 0 saturated carbocycles. The highest BCUT2D eigenvalue weighted by atomic mass is 35.5. The fraction of sp³-hybridized carbons (Fsp3) is 0.167. The summed E-state index contributed by atoms with van der Waals surface area (Å²) >= 11 is 5.84. The molecule has 0 spiro atoms. The Labute approximate surface area is 99.7 Å². The van der Waals surface area contributed by atoms with Crippen LogP contribution in [0, 0.1) is 0 Å².